The number of ether oxygens (including phenoxy) is 1. The second-order valence-corrected chi connectivity index (χ2v) is 9.91. The van der Waals surface area contributed by atoms with Crippen molar-refractivity contribution in [3.63, 3.8) is 0 Å². The number of benzene rings is 1. The fraction of sp³-hybridized carbons (Fsp3) is 0.400. The molecule has 39 heavy (non-hydrogen) atoms. The number of carbonyl (C=O) groups excluding carboxylic acids is 3. The minimum absolute atomic E-state index is 0.122. The molecule has 0 spiro atoms. The Labute approximate surface area is 233 Å². The van der Waals surface area contributed by atoms with E-state index in [1.165, 1.54) is 16.5 Å². The third kappa shape index (κ3) is 6.70. The molecule has 2 N–H and O–H groups in total. The molecule has 3 unspecified atom stereocenters. The summed E-state index contributed by atoms with van der Waals surface area (Å²) in [7, 11) is 0. The highest BCUT2D eigenvalue weighted by atomic mass is 35.5. The number of Topliss-reactive ketones (excluding diaryl/α,β-unsaturated/α-hetero) is 1. The molecule has 0 bridgehead atoms. The molecule has 14 heteroatoms. The number of carbonyl (C=O) groups is 4. The van der Waals surface area contributed by atoms with E-state index in [2.05, 4.69) is 20.8 Å². The highest BCUT2D eigenvalue weighted by Gasteiger charge is 2.38. The Bertz CT molecular complexity index is 1310. The van der Waals surface area contributed by atoms with Gasteiger partial charge in [0.05, 0.1) is 31.1 Å². The smallest absolute Gasteiger partial charge is 0.305 e. The van der Waals surface area contributed by atoms with Crippen LogP contribution in [0.5, 0.6) is 0 Å². The Kier molecular flexibility index (Phi) is 9.10. The second kappa shape index (κ2) is 12.5. The maximum atomic E-state index is 13.2. The quantitative estimate of drug-likeness (QED) is 0.427. The van der Waals surface area contributed by atoms with Crippen LogP contribution in [0.1, 0.15) is 24.7 Å². The van der Waals surface area contributed by atoms with Gasteiger partial charge in [0.2, 0.25) is 11.8 Å². The molecule has 2 heterocycles. The summed E-state index contributed by atoms with van der Waals surface area (Å²) in [5.74, 6) is -3.19. The molecule has 206 valence electrons. The van der Waals surface area contributed by atoms with Crippen molar-refractivity contribution >= 4 is 46.8 Å². The molecule has 4 atom stereocenters. The van der Waals surface area contributed by atoms with E-state index in [9.17, 15) is 24.3 Å². The number of rotatable bonds is 10. The summed E-state index contributed by atoms with van der Waals surface area (Å²) in [4.78, 5) is 52.4. The molecular weight excluding hydrogens is 551 g/mol. The van der Waals surface area contributed by atoms with Crippen LogP contribution in [0.3, 0.4) is 0 Å². The van der Waals surface area contributed by atoms with Gasteiger partial charge < -0.3 is 20.1 Å². The number of aromatic nitrogens is 4. The number of tetrazole rings is 1. The van der Waals surface area contributed by atoms with Gasteiger partial charge in [-0.1, -0.05) is 53.6 Å². The van der Waals surface area contributed by atoms with Crippen LogP contribution in [0.4, 0.5) is 0 Å². The van der Waals surface area contributed by atoms with E-state index in [-0.39, 0.29) is 31.3 Å². The van der Waals surface area contributed by atoms with Crippen molar-refractivity contribution in [2.75, 3.05) is 13.2 Å². The zero-order valence-electron chi connectivity index (χ0n) is 20.9. The first-order chi connectivity index (χ1) is 18.7. The summed E-state index contributed by atoms with van der Waals surface area (Å²) in [6, 6.07) is 2.64. The Morgan fingerprint density at radius 1 is 1.21 bits per heavy atom. The average Bonchev–Trinajstić information content (AvgIpc) is 3.26. The van der Waals surface area contributed by atoms with Gasteiger partial charge in [0.15, 0.2) is 11.6 Å². The predicted octanol–water partition coefficient (Wildman–Crippen LogP) is 1.46. The van der Waals surface area contributed by atoms with Crippen molar-refractivity contribution in [2.24, 2.45) is 5.92 Å². The summed E-state index contributed by atoms with van der Waals surface area (Å²) in [6.07, 6.45) is 6.07. The van der Waals surface area contributed by atoms with Crippen molar-refractivity contribution in [3.05, 3.63) is 63.9 Å². The van der Waals surface area contributed by atoms with Crippen LogP contribution in [0.2, 0.25) is 10.0 Å². The Morgan fingerprint density at radius 2 is 1.92 bits per heavy atom. The molecule has 2 aromatic rings. The minimum atomic E-state index is -1.39. The number of aliphatic carboxylic acids is 1. The van der Waals surface area contributed by atoms with Crippen LogP contribution in [0.15, 0.2) is 42.5 Å². The monoisotopic (exact) mass is 576 g/mol. The van der Waals surface area contributed by atoms with E-state index in [1.54, 1.807) is 42.5 Å². The first-order valence-corrected chi connectivity index (χ1v) is 12.9. The van der Waals surface area contributed by atoms with Gasteiger partial charge in [0, 0.05) is 23.0 Å². The molecule has 1 aromatic carbocycles. The molecule has 0 saturated carbocycles. The number of allylic oxidation sites excluding steroid dienone is 2. The van der Waals surface area contributed by atoms with E-state index >= 15 is 0 Å². The lowest BCUT2D eigenvalue weighted by Crippen LogP contribution is -2.54. The molecule has 1 aromatic heterocycles. The lowest BCUT2D eigenvalue weighted by molar-refractivity contribution is -0.144. The third-order valence-electron chi connectivity index (χ3n) is 6.53. The van der Waals surface area contributed by atoms with Gasteiger partial charge in [-0.2, -0.15) is 0 Å². The van der Waals surface area contributed by atoms with Gasteiger partial charge in [-0.25, -0.2) is 4.68 Å². The summed E-state index contributed by atoms with van der Waals surface area (Å²) >= 11 is 12.5. The van der Waals surface area contributed by atoms with Gasteiger partial charge in [-0.15, -0.1) is 5.10 Å². The van der Waals surface area contributed by atoms with Crippen LogP contribution in [-0.2, 0) is 36.9 Å². The minimum Gasteiger partial charge on any atom is -0.481 e. The van der Waals surface area contributed by atoms with E-state index in [4.69, 9.17) is 27.9 Å². The van der Waals surface area contributed by atoms with Crippen molar-refractivity contribution in [1.82, 2.24) is 30.4 Å². The zero-order chi connectivity index (χ0) is 28.1. The second-order valence-electron chi connectivity index (χ2n) is 9.09. The SMILES string of the molecule is C[C@@H](C(=O)NC(CC(=O)O)C(=O)Cn1nnnc1Cc1c(Cl)cccc1Cl)N1CCOC2C=CC=CC2C1=O. The molecule has 1 saturated heterocycles. The van der Waals surface area contributed by atoms with Crippen LogP contribution in [-0.4, -0.2) is 85.1 Å². The Balaban J connectivity index is 1.46. The highest BCUT2D eigenvalue weighted by molar-refractivity contribution is 6.36. The van der Waals surface area contributed by atoms with Gasteiger partial charge in [-0.3, -0.25) is 19.2 Å². The Morgan fingerprint density at radius 3 is 2.64 bits per heavy atom. The average molecular weight is 577 g/mol. The molecule has 12 nitrogen and oxygen atoms in total. The molecule has 1 fully saturated rings. The first kappa shape index (κ1) is 28.4. The van der Waals surface area contributed by atoms with E-state index < -0.39 is 54.7 Å². The zero-order valence-corrected chi connectivity index (χ0v) is 22.4. The van der Waals surface area contributed by atoms with Crippen molar-refractivity contribution < 1.29 is 29.0 Å². The number of hydrogen-bond acceptors (Lipinski definition) is 8. The largest absolute Gasteiger partial charge is 0.481 e. The lowest BCUT2D eigenvalue weighted by atomic mass is 9.96. The van der Waals surface area contributed by atoms with Crippen LogP contribution >= 0.6 is 23.2 Å². The third-order valence-corrected chi connectivity index (χ3v) is 7.24. The Hall–Kier alpha value is -3.61. The van der Waals surface area contributed by atoms with E-state index in [0.717, 1.165) is 0 Å². The highest BCUT2D eigenvalue weighted by Crippen LogP contribution is 2.26. The number of carboxylic acid groups (broad SMARTS) is 1. The fourth-order valence-corrected chi connectivity index (χ4v) is 4.92. The van der Waals surface area contributed by atoms with Crippen LogP contribution < -0.4 is 5.32 Å². The summed E-state index contributed by atoms with van der Waals surface area (Å²) in [6.45, 7) is 1.50. The molecule has 4 rings (SSSR count). The number of ketones is 1. The van der Waals surface area contributed by atoms with E-state index in [0.29, 0.717) is 15.6 Å². The number of fused-ring (bicyclic) bond motifs is 1. The molecule has 2 aliphatic rings. The molecule has 1 aliphatic heterocycles. The summed E-state index contributed by atoms with van der Waals surface area (Å²) in [5.41, 5.74) is 0.560. The van der Waals surface area contributed by atoms with Gasteiger partial charge in [0.1, 0.15) is 12.6 Å². The standard InChI is InChI=1S/C25H26Cl2N6O6/c1-14(32-9-10-39-21-8-3-2-5-15(21)25(32)38)24(37)28-19(12-23(35)36)20(34)13-33-22(29-30-31-33)11-16-17(26)6-4-7-18(16)27/h2-8,14-15,19,21H,9-13H2,1H3,(H,28,37)(H,35,36)/t14-,15?,19?,21?/m0/s1. The maximum absolute atomic E-state index is 13.2. The summed E-state index contributed by atoms with van der Waals surface area (Å²) < 4.78 is 6.93. The first-order valence-electron chi connectivity index (χ1n) is 12.2. The van der Waals surface area contributed by atoms with Gasteiger partial charge in [-0.05, 0) is 35.0 Å². The lowest BCUT2D eigenvalue weighted by Gasteiger charge is -2.30. The van der Waals surface area contributed by atoms with Gasteiger partial charge >= 0.3 is 5.97 Å². The van der Waals surface area contributed by atoms with Crippen molar-refractivity contribution in [3.8, 4) is 0 Å². The normalized spacial score (nSPS) is 20.2. The van der Waals surface area contributed by atoms with E-state index in [1.807, 2.05) is 0 Å². The number of carboxylic acids is 1. The molecular formula is C25H26Cl2N6O6. The topological polar surface area (TPSA) is 157 Å². The number of nitrogens with one attached hydrogen (secondary N) is 1. The van der Waals surface area contributed by atoms with Crippen LogP contribution in [0, 0.1) is 5.92 Å². The number of nitrogens with zero attached hydrogens (tertiary/aromatic N) is 5. The molecule has 0 radical (unpaired) electrons. The number of amides is 2. The van der Waals surface area contributed by atoms with Gasteiger partial charge in [0.25, 0.3) is 0 Å². The van der Waals surface area contributed by atoms with Crippen molar-refractivity contribution in [2.45, 2.75) is 44.5 Å². The number of halogens is 2. The van der Waals surface area contributed by atoms with Crippen LogP contribution in [0.25, 0.3) is 0 Å². The number of hydrogen-bond donors (Lipinski definition) is 2. The molecule has 2 amide bonds. The summed E-state index contributed by atoms with van der Waals surface area (Å²) in [5, 5.41) is 24.1. The fourth-order valence-electron chi connectivity index (χ4n) is 4.39. The predicted molar refractivity (Wildman–Crippen MR) is 139 cm³/mol. The molecule has 1 aliphatic carbocycles. The van der Waals surface area contributed by atoms with Crippen molar-refractivity contribution in [1.29, 1.82) is 0 Å². The maximum Gasteiger partial charge on any atom is 0.305 e.